The minimum atomic E-state index is -1.31. The summed E-state index contributed by atoms with van der Waals surface area (Å²) in [5.74, 6) is -1.95. The zero-order chi connectivity index (χ0) is 26.4. The van der Waals surface area contributed by atoms with E-state index >= 15 is 4.39 Å². The third-order valence-corrected chi connectivity index (χ3v) is 7.35. The minimum Gasteiger partial charge on any atom is -0.494 e. The molecule has 0 unspecified atom stereocenters. The fraction of sp³-hybridized carbons (Fsp3) is 0.192. The van der Waals surface area contributed by atoms with Crippen molar-refractivity contribution < 1.29 is 19.0 Å². The number of methoxy groups -OCH3 is 1. The topological polar surface area (TPSA) is 108 Å². The summed E-state index contributed by atoms with van der Waals surface area (Å²) in [6.45, 7) is 1.18. The fourth-order valence-electron chi connectivity index (χ4n) is 4.58. The number of thiophene rings is 1. The monoisotopic (exact) mass is 522 g/mol. The Bertz CT molecular complexity index is 1700. The number of aromatic amines is 1. The molecule has 5 rings (SSSR count). The molecule has 0 aliphatic carbocycles. The number of anilines is 1. The zero-order valence-corrected chi connectivity index (χ0v) is 21.1. The molecule has 0 saturated carbocycles. The SMILES string of the molecule is COc1cc(F)c(-n2c(=O)[nH]c3csc(C(=O)O)c3c2=O)cc1N(C)Cc1cccc2c1CN(C)C=C2. The highest BCUT2D eigenvalue weighted by atomic mass is 32.1. The molecule has 37 heavy (non-hydrogen) atoms. The van der Waals surface area contributed by atoms with Gasteiger partial charge in [-0.25, -0.2) is 18.5 Å². The number of carboxylic acid groups (broad SMARTS) is 1. The van der Waals surface area contributed by atoms with Crippen LogP contribution in [0, 0.1) is 5.82 Å². The second kappa shape index (κ2) is 9.25. The van der Waals surface area contributed by atoms with Crippen LogP contribution in [0.3, 0.4) is 0 Å². The van der Waals surface area contributed by atoms with Crippen molar-refractivity contribution in [3.63, 3.8) is 0 Å². The number of aromatic nitrogens is 2. The maximum Gasteiger partial charge on any atom is 0.346 e. The number of hydrogen-bond acceptors (Lipinski definition) is 7. The van der Waals surface area contributed by atoms with Crippen LogP contribution in [0.5, 0.6) is 5.75 Å². The summed E-state index contributed by atoms with van der Waals surface area (Å²) >= 11 is 0.815. The number of fused-ring (bicyclic) bond motifs is 2. The first-order valence-corrected chi connectivity index (χ1v) is 12.2. The van der Waals surface area contributed by atoms with Gasteiger partial charge in [0.2, 0.25) is 0 Å². The summed E-state index contributed by atoms with van der Waals surface area (Å²) < 4.78 is 21.3. The van der Waals surface area contributed by atoms with Gasteiger partial charge in [-0.2, -0.15) is 0 Å². The highest BCUT2D eigenvalue weighted by Crippen LogP contribution is 2.34. The maximum absolute atomic E-state index is 15.3. The third kappa shape index (κ3) is 4.16. The normalized spacial score (nSPS) is 12.6. The van der Waals surface area contributed by atoms with E-state index in [1.54, 1.807) is 7.05 Å². The van der Waals surface area contributed by atoms with Crippen molar-refractivity contribution in [2.75, 3.05) is 26.1 Å². The standard InChI is InChI=1S/C26H23FN4O5S/c1-29-8-7-14-5-4-6-15(16(14)12-29)11-30(2)20-10-19(17(27)9-21(20)36-3)31-24(32)22-18(28-26(31)35)13-37-23(22)25(33)34/h4-10,13H,11-12H2,1-3H3,(H,28,35)(H,33,34). The third-order valence-electron chi connectivity index (χ3n) is 6.38. The predicted molar refractivity (Wildman–Crippen MR) is 141 cm³/mol. The van der Waals surface area contributed by atoms with Crippen LogP contribution < -0.4 is 20.9 Å². The Morgan fingerprint density at radius 1 is 1.30 bits per heavy atom. The van der Waals surface area contributed by atoms with Gasteiger partial charge in [-0.3, -0.25) is 4.79 Å². The summed E-state index contributed by atoms with van der Waals surface area (Å²) in [4.78, 5) is 43.9. The predicted octanol–water partition coefficient (Wildman–Crippen LogP) is 3.64. The molecule has 1 aliphatic heterocycles. The summed E-state index contributed by atoms with van der Waals surface area (Å²) in [5.41, 5.74) is 1.78. The van der Waals surface area contributed by atoms with Crippen molar-refractivity contribution in [1.29, 1.82) is 0 Å². The van der Waals surface area contributed by atoms with Crippen LogP contribution in [0.15, 0.2) is 51.5 Å². The highest BCUT2D eigenvalue weighted by molar-refractivity contribution is 7.13. The number of nitrogens with one attached hydrogen (secondary N) is 1. The molecule has 0 fully saturated rings. The second-order valence-electron chi connectivity index (χ2n) is 8.78. The second-order valence-corrected chi connectivity index (χ2v) is 9.66. The number of carbonyl (C=O) groups is 1. The molecule has 2 aromatic heterocycles. The number of halogens is 1. The van der Waals surface area contributed by atoms with E-state index in [9.17, 15) is 19.5 Å². The smallest absolute Gasteiger partial charge is 0.346 e. The van der Waals surface area contributed by atoms with Gasteiger partial charge in [0.05, 0.1) is 29.4 Å². The average molecular weight is 523 g/mol. The van der Waals surface area contributed by atoms with Crippen molar-refractivity contribution >= 4 is 40.0 Å². The van der Waals surface area contributed by atoms with E-state index in [1.165, 1.54) is 18.6 Å². The van der Waals surface area contributed by atoms with Gasteiger partial charge in [0.1, 0.15) is 10.6 Å². The minimum absolute atomic E-state index is 0.0905. The maximum atomic E-state index is 15.3. The van der Waals surface area contributed by atoms with Crippen LogP contribution in [0.2, 0.25) is 0 Å². The molecule has 2 aromatic carbocycles. The zero-order valence-electron chi connectivity index (χ0n) is 20.2. The van der Waals surface area contributed by atoms with E-state index in [0.717, 1.165) is 40.6 Å². The molecule has 0 amide bonds. The fourth-order valence-corrected chi connectivity index (χ4v) is 5.41. The Hall–Kier alpha value is -4.38. The van der Waals surface area contributed by atoms with Crippen molar-refractivity contribution in [1.82, 2.24) is 14.5 Å². The van der Waals surface area contributed by atoms with E-state index in [0.29, 0.717) is 16.8 Å². The quantitative estimate of drug-likeness (QED) is 0.398. The number of carboxylic acids is 1. The summed E-state index contributed by atoms with van der Waals surface area (Å²) in [7, 11) is 5.20. The number of aromatic carboxylic acids is 1. The number of ether oxygens (including phenoxy) is 1. The first-order chi connectivity index (χ1) is 17.7. The van der Waals surface area contributed by atoms with Crippen LogP contribution in [0.4, 0.5) is 10.1 Å². The number of nitrogens with zero attached hydrogens (tertiary/aromatic N) is 3. The highest BCUT2D eigenvalue weighted by Gasteiger charge is 2.23. The van der Waals surface area contributed by atoms with Gasteiger partial charge in [-0.1, -0.05) is 18.2 Å². The first kappa shape index (κ1) is 24.3. The van der Waals surface area contributed by atoms with Gasteiger partial charge in [-0.15, -0.1) is 11.3 Å². The van der Waals surface area contributed by atoms with E-state index in [2.05, 4.69) is 9.88 Å². The molecule has 2 N–H and O–H groups in total. The molecule has 0 bridgehead atoms. The molecular formula is C26H23FN4O5S. The lowest BCUT2D eigenvalue weighted by Gasteiger charge is -2.27. The molecule has 11 heteroatoms. The van der Waals surface area contributed by atoms with Crippen LogP contribution in [0.1, 0.15) is 26.4 Å². The summed E-state index contributed by atoms with van der Waals surface area (Å²) in [5, 5.41) is 10.7. The van der Waals surface area contributed by atoms with E-state index in [1.807, 2.05) is 42.4 Å². The van der Waals surface area contributed by atoms with Crippen molar-refractivity contribution in [3.05, 3.63) is 90.1 Å². The number of rotatable bonds is 6. The molecule has 0 saturated heterocycles. The lowest BCUT2D eigenvalue weighted by Crippen LogP contribution is -2.34. The lowest BCUT2D eigenvalue weighted by molar-refractivity contribution is 0.0704. The van der Waals surface area contributed by atoms with Gasteiger partial charge >= 0.3 is 11.7 Å². The Morgan fingerprint density at radius 2 is 2.08 bits per heavy atom. The average Bonchev–Trinajstić information content (AvgIpc) is 3.29. The molecular weight excluding hydrogens is 499 g/mol. The Balaban J connectivity index is 1.63. The summed E-state index contributed by atoms with van der Waals surface area (Å²) in [6, 6.07) is 8.51. The van der Waals surface area contributed by atoms with Gasteiger partial charge in [-0.05, 0) is 35.0 Å². The van der Waals surface area contributed by atoms with E-state index in [4.69, 9.17) is 4.74 Å². The van der Waals surface area contributed by atoms with Crippen LogP contribution in [-0.4, -0.2) is 46.7 Å². The largest absolute Gasteiger partial charge is 0.494 e. The van der Waals surface area contributed by atoms with Crippen molar-refractivity contribution in [2.24, 2.45) is 0 Å². The van der Waals surface area contributed by atoms with Crippen LogP contribution in [0.25, 0.3) is 22.7 Å². The molecule has 0 radical (unpaired) electrons. The van der Waals surface area contributed by atoms with Crippen LogP contribution in [-0.2, 0) is 13.1 Å². The molecule has 3 heterocycles. The Labute approximate surface area is 214 Å². The molecule has 0 atom stereocenters. The summed E-state index contributed by atoms with van der Waals surface area (Å²) in [6.07, 6.45) is 4.06. The van der Waals surface area contributed by atoms with E-state index in [-0.39, 0.29) is 27.2 Å². The number of H-pyrrole nitrogens is 1. The molecule has 4 aromatic rings. The van der Waals surface area contributed by atoms with Gasteiger partial charge < -0.3 is 24.6 Å². The molecule has 9 nitrogen and oxygen atoms in total. The lowest BCUT2D eigenvalue weighted by atomic mass is 9.98. The Kier molecular flexibility index (Phi) is 6.08. The van der Waals surface area contributed by atoms with Crippen molar-refractivity contribution in [3.8, 4) is 11.4 Å². The molecule has 1 aliphatic rings. The van der Waals surface area contributed by atoms with Gasteiger partial charge in [0.15, 0.2) is 5.82 Å². The molecule has 190 valence electrons. The van der Waals surface area contributed by atoms with Crippen molar-refractivity contribution in [2.45, 2.75) is 13.1 Å². The van der Waals surface area contributed by atoms with E-state index < -0.39 is 23.0 Å². The number of hydrogen-bond donors (Lipinski definition) is 2. The first-order valence-electron chi connectivity index (χ1n) is 11.3. The van der Waals surface area contributed by atoms with Gasteiger partial charge in [0, 0.05) is 38.6 Å². The van der Waals surface area contributed by atoms with Gasteiger partial charge in [0.25, 0.3) is 5.56 Å². The molecule has 0 spiro atoms. The van der Waals surface area contributed by atoms with Crippen LogP contribution >= 0.6 is 11.3 Å². The Morgan fingerprint density at radius 3 is 2.81 bits per heavy atom. The number of benzene rings is 2.